The third-order valence-corrected chi connectivity index (χ3v) is 4.10. The average Bonchev–Trinajstić information content (AvgIpc) is 2.90. The third kappa shape index (κ3) is 5.75. The van der Waals surface area contributed by atoms with Gasteiger partial charge in [-0.25, -0.2) is 18.8 Å². The van der Waals surface area contributed by atoms with Crippen LogP contribution in [0.4, 0.5) is 13.6 Å². The Kier molecular flexibility index (Phi) is 6.76. The Labute approximate surface area is 169 Å². The zero-order chi connectivity index (χ0) is 21.1. The molecule has 2 rings (SSSR count). The maximum Gasteiger partial charge on any atom is 0.407 e. The first-order valence-corrected chi connectivity index (χ1v) is 9.18. The fourth-order valence-corrected chi connectivity index (χ4v) is 2.83. The van der Waals surface area contributed by atoms with E-state index in [-0.39, 0.29) is 0 Å². The summed E-state index contributed by atoms with van der Waals surface area (Å²) in [5.41, 5.74) is -0.347. The van der Waals surface area contributed by atoms with E-state index in [0.29, 0.717) is 5.69 Å². The number of benzene rings is 1. The smallest absolute Gasteiger partial charge is 0.407 e. The molecule has 0 aliphatic rings. The number of halogens is 3. The van der Waals surface area contributed by atoms with Crippen molar-refractivity contribution in [2.24, 2.45) is 0 Å². The summed E-state index contributed by atoms with van der Waals surface area (Å²) >= 11 is 3.35. The topological polar surface area (TPSA) is 78.2 Å². The molecule has 1 aromatic carbocycles. The minimum absolute atomic E-state index is 0.439. The first kappa shape index (κ1) is 21.8. The molecule has 0 spiro atoms. The number of rotatable bonds is 5. The molecule has 152 valence electrons. The van der Waals surface area contributed by atoms with Crippen molar-refractivity contribution in [3.05, 3.63) is 56.7 Å². The van der Waals surface area contributed by atoms with Crippen LogP contribution in [0.25, 0.3) is 5.69 Å². The highest BCUT2D eigenvalue weighted by Crippen LogP contribution is 2.18. The highest BCUT2D eigenvalue weighted by molar-refractivity contribution is 9.10. The Morgan fingerprint density at radius 1 is 1.32 bits per heavy atom. The predicted octanol–water partition coefficient (Wildman–Crippen LogP) is 3.78. The van der Waals surface area contributed by atoms with E-state index in [1.807, 2.05) is 13.0 Å². The largest absolute Gasteiger partial charge is 0.444 e. The van der Waals surface area contributed by atoms with Crippen LogP contribution in [0.15, 0.2) is 45.4 Å². The quantitative estimate of drug-likeness (QED) is 0.739. The van der Waals surface area contributed by atoms with Gasteiger partial charge in [-0.3, -0.25) is 0 Å². The first-order chi connectivity index (χ1) is 13.0. The molecule has 0 aliphatic carbocycles. The Bertz CT molecular complexity index is 956. The molecule has 1 N–H and O–H groups in total. The first-order valence-electron chi connectivity index (χ1n) is 8.39. The van der Waals surface area contributed by atoms with E-state index < -0.39 is 42.1 Å². The molecular formula is C18H21BrF2N4O3. The molecule has 0 radical (unpaired) electrons. The number of nitrogens with zero attached hydrogens (tertiary/aromatic N) is 3. The SMILES string of the molecule is Cc1cc(Br)ccc1-n1cnn(CC(CNC(=O)OC(C)(C)C)=C(F)F)c1=O. The van der Waals surface area contributed by atoms with Crippen molar-refractivity contribution < 1.29 is 18.3 Å². The van der Waals surface area contributed by atoms with Gasteiger partial charge in [0.2, 0.25) is 0 Å². The van der Waals surface area contributed by atoms with E-state index in [2.05, 4.69) is 26.3 Å². The highest BCUT2D eigenvalue weighted by Gasteiger charge is 2.18. The van der Waals surface area contributed by atoms with Gasteiger partial charge in [0, 0.05) is 16.6 Å². The second kappa shape index (κ2) is 8.68. The van der Waals surface area contributed by atoms with Gasteiger partial charge >= 0.3 is 11.8 Å². The Morgan fingerprint density at radius 3 is 2.57 bits per heavy atom. The van der Waals surface area contributed by atoms with Gasteiger partial charge in [0.15, 0.2) is 0 Å². The molecule has 28 heavy (non-hydrogen) atoms. The molecule has 7 nitrogen and oxygen atoms in total. The lowest BCUT2D eigenvalue weighted by Crippen LogP contribution is -2.35. The van der Waals surface area contributed by atoms with E-state index >= 15 is 0 Å². The number of aryl methyl sites for hydroxylation is 1. The maximum absolute atomic E-state index is 13.3. The summed E-state index contributed by atoms with van der Waals surface area (Å²) in [5.74, 6) is 0. The standard InChI is InChI=1S/C18H21BrF2N4O3/c1-11-7-13(19)5-6-14(11)24-10-23-25(17(24)27)9-12(15(20)21)8-22-16(26)28-18(2,3)4/h5-7,10H,8-9H2,1-4H3,(H,22,26). The van der Waals surface area contributed by atoms with Gasteiger partial charge in [0.1, 0.15) is 11.9 Å². The van der Waals surface area contributed by atoms with Crippen molar-refractivity contribution in [3.8, 4) is 5.69 Å². The summed E-state index contributed by atoms with van der Waals surface area (Å²) in [5, 5.41) is 6.17. The van der Waals surface area contributed by atoms with Gasteiger partial charge in [0.25, 0.3) is 6.08 Å². The van der Waals surface area contributed by atoms with Crippen LogP contribution in [0.3, 0.4) is 0 Å². The zero-order valence-electron chi connectivity index (χ0n) is 15.9. The number of carbonyl (C=O) groups excluding carboxylic acids is 1. The van der Waals surface area contributed by atoms with Gasteiger partial charge in [-0.2, -0.15) is 13.9 Å². The molecule has 10 heteroatoms. The van der Waals surface area contributed by atoms with Crippen molar-refractivity contribution in [1.82, 2.24) is 19.7 Å². The molecule has 0 saturated carbocycles. The Morgan fingerprint density at radius 2 is 2.00 bits per heavy atom. The maximum atomic E-state index is 13.3. The minimum atomic E-state index is -1.99. The normalized spacial score (nSPS) is 11.2. The molecule has 0 bridgehead atoms. The van der Waals surface area contributed by atoms with Crippen LogP contribution in [-0.4, -0.2) is 32.6 Å². The lowest BCUT2D eigenvalue weighted by molar-refractivity contribution is 0.0531. The number of carbonyl (C=O) groups is 1. The molecule has 1 heterocycles. The van der Waals surface area contributed by atoms with Gasteiger partial charge in [0.05, 0.1) is 12.2 Å². The third-order valence-electron chi connectivity index (χ3n) is 3.60. The molecule has 1 amide bonds. The van der Waals surface area contributed by atoms with E-state index in [0.717, 1.165) is 14.7 Å². The Hall–Kier alpha value is -2.49. The van der Waals surface area contributed by atoms with Gasteiger partial charge in [-0.1, -0.05) is 15.9 Å². The Balaban J connectivity index is 2.17. The van der Waals surface area contributed by atoms with Crippen LogP contribution >= 0.6 is 15.9 Å². The summed E-state index contributed by atoms with van der Waals surface area (Å²) in [6.07, 6.45) is -1.54. The lowest BCUT2D eigenvalue weighted by Gasteiger charge is -2.19. The van der Waals surface area contributed by atoms with Crippen LogP contribution in [0.5, 0.6) is 0 Å². The fraction of sp³-hybridized carbons (Fsp3) is 0.389. The second-order valence-corrected chi connectivity index (χ2v) is 8.01. The van der Waals surface area contributed by atoms with Crippen molar-refractivity contribution in [2.75, 3.05) is 6.54 Å². The zero-order valence-corrected chi connectivity index (χ0v) is 17.5. The highest BCUT2D eigenvalue weighted by atomic mass is 79.9. The summed E-state index contributed by atoms with van der Waals surface area (Å²) < 4.78 is 34.6. The minimum Gasteiger partial charge on any atom is -0.444 e. The fourth-order valence-electron chi connectivity index (χ4n) is 2.36. The van der Waals surface area contributed by atoms with E-state index in [4.69, 9.17) is 4.74 Å². The number of alkyl carbamates (subject to hydrolysis) is 1. The molecular weight excluding hydrogens is 438 g/mol. The predicted molar refractivity (Wildman–Crippen MR) is 104 cm³/mol. The summed E-state index contributed by atoms with van der Waals surface area (Å²) in [6, 6.07) is 5.32. The molecule has 0 aliphatic heterocycles. The van der Waals surface area contributed by atoms with Crippen molar-refractivity contribution in [1.29, 1.82) is 0 Å². The lowest BCUT2D eigenvalue weighted by atomic mass is 10.2. The number of amides is 1. The van der Waals surface area contributed by atoms with Gasteiger partial charge in [-0.15, -0.1) is 0 Å². The van der Waals surface area contributed by atoms with Gasteiger partial charge in [-0.05, 0) is 51.5 Å². The summed E-state index contributed by atoms with van der Waals surface area (Å²) in [7, 11) is 0. The second-order valence-electron chi connectivity index (χ2n) is 7.09. The molecule has 1 aromatic heterocycles. The molecule has 0 fully saturated rings. The van der Waals surface area contributed by atoms with E-state index in [1.165, 1.54) is 10.9 Å². The number of aromatic nitrogens is 3. The molecule has 0 unspecified atom stereocenters. The van der Waals surface area contributed by atoms with Crippen LogP contribution in [-0.2, 0) is 11.3 Å². The van der Waals surface area contributed by atoms with Crippen molar-refractivity contribution >= 4 is 22.0 Å². The van der Waals surface area contributed by atoms with Crippen LogP contribution in [0, 0.1) is 6.92 Å². The molecule has 0 atom stereocenters. The molecule has 0 saturated heterocycles. The number of nitrogens with one attached hydrogen (secondary N) is 1. The number of ether oxygens (including phenoxy) is 1. The summed E-state index contributed by atoms with van der Waals surface area (Å²) in [4.78, 5) is 24.2. The summed E-state index contributed by atoms with van der Waals surface area (Å²) in [6.45, 7) is 5.88. The van der Waals surface area contributed by atoms with Crippen molar-refractivity contribution in [2.45, 2.75) is 39.8 Å². The van der Waals surface area contributed by atoms with Crippen LogP contribution < -0.4 is 11.0 Å². The van der Waals surface area contributed by atoms with Crippen LogP contribution in [0.1, 0.15) is 26.3 Å². The van der Waals surface area contributed by atoms with E-state index in [9.17, 15) is 18.4 Å². The average molecular weight is 459 g/mol. The van der Waals surface area contributed by atoms with Crippen LogP contribution in [0.2, 0.25) is 0 Å². The number of hydrogen-bond acceptors (Lipinski definition) is 4. The monoisotopic (exact) mass is 458 g/mol. The van der Waals surface area contributed by atoms with Gasteiger partial charge < -0.3 is 10.1 Å². The number of hydrogen-bond donors (Lipinski definition) is 1. The van der Waals surface area contributed by atoms with Crippen molar-refractivity contribution in [3.63, 3.8) is 0 Å². The molecule has 2 aromatic rings. The van der Waals surface area contributed by atoms with E-state index in [1.54, 1.807) is 32.9 Å².